The number of carbonyl (C=O) groups is 2. The Morgan fingerprint density at radius 2 is 1.79 bits per heavy atom. The molecule has 2 N–H and O–H groups in total. The number of pyridine rings is 1. The van der Waals surface area contributed by atoms with Crippen LogP contribution in [0, 0.1) is 18.8 Å². The molecule has 5 aromatic rings. The van der Waals surface area contributed by atoms with E-state index in [0.29, 0.717) is 31.6 Å². The molecule has 1 aliphatic rings. The summed E-state index contributed by atoms with van der Waals surface area (Å²) in [4.78, 5) is 35.0. The minimum atomic E-state index is -2.34. The van der Waals surface area contributed by atoms with Crippen molar-refractivity contribution < 1.29 is 18.9 Å². The Kier molecular flexibility index (Phi) is 9.20. The van der Waals surface area contributed by atoms with E-state index in [9.17, 15) is 14.1 Å². The lowest BCUT2D eigenvalue weighted by molar-refractivity contribution is -0.123. The molecule has 3 aromatic heterocycles. The zero-order chi connectivity index (χ0) is 33.3. The molecule has 0 aliphatic carbocycles. The first kappa shape index (κ1) is 32.8. The van der Waals surface area contributed by atoms with Crippen LogP contribution in [0.25, 0.3) is 21.5 Å². The quantitative estimate of drug-likeness (QED) is 0.180. The molecule has 1 aliphatic heterocycles. The number of hydrogen-bond donors (Lipinski definition) is 2. The van der Waals surface area contributed by atoms with Crippen molar-refractivity contribution in [3.63, 3.8) is 0 Å². The maximum absolute atomic E-state index is 13.8. The summed E-state index contributed by atoms with van der Waals surface area (Å²) in [6, 6.07) is 26.0. The van der Waals surface area contributed by atoms with Crippen LogP contribution in [-0.2, 0) is 16.0 Å². The van der Waals surface area contributed by atoms with E-state index in [1.165, 1.54) is 11.3 Å². The third-order valence-corrected chi connectivity index (χ3v) is 11.8. The van der Waals surface area contributed by atoms with Gasteiger partial charge >= 0.3 is 6.09 Å². The normalized spacial score (nSPS) is 18.8. The summed E-state index contributed by atoms with van der Waals surface area (Å²) in [6.45, 7) is 8.55. The highest BCUT2D eigenvalue weighted by atomic mass is 32.3. The molecular formula is C37H42N4O4S2. The van der Waals surface area contributed by atoms with Crippen molar-refractivity contribution >= 4 is 49.9 Å². The van der Waals surface area contributed by atoms with E-state index in [-0.39, 0.29) is 23.8 Å². The van der Waals surface area contributed by atoms with Crippen molar-refractivity contribution in [2.45, 2.75) is 51.0 Å². The molecule has 1 saturated heterocycles. The number of amides is 2. The largest absolute Gasteiger partial charge is 0.444 e. The Balaban J connectivity index is 1.21. The summed E-state index contributed by atoms with van der Waals surface area (Å²) in [6.07, 6.45) is 6.44. The number of nitrogens with one attached hydrogen (secondary N) is 1. The van der Waals surface area contributed by atoms with Gasteiger partial charge in [0.05, 0.1) is 5.00 Å². The smallest absolute Gasteiger partial charge is 0.410 e. The third kappa shape index (κ3) is 7.25. The Morgan fingerprint density at radius 3 is 2.51 bits per heavy atom. The van der Waals surface area contributed by atoms with Crippen molar-refractivity contribution in [2.24, 2.45) is 11.8 Å². The molecule has 8 nitrogen and oxygen atoms in total. The number of fused-ring (bicyclic) bond motifs is 1. The van der Waals surface area contributed by atoms with Crippen LogP contribution in [-0.4, -0.2) is 55.4 Å². The molecule has 0 radical (unpaired) electrons. The molecule has 3 atom stereocenters. The number of ether oxygens (including phenoxy) is 1. The van der Waals surface area contributed by atoms with Crippen LogP contribution >= 0.6 is 21.8 Å². The first-order valence-electron chi connectivity index (χ1n) is 15.9. The van der Waals surface area contributed by atoms with E-state index < -0.39 is 16.1 Å². The predicted molar refractivity (Wildman–Crippen MR) is 192 cm³/mol. The molecule has 4 heterocycles. The molecular weight excluding hydrogens is 629 g/mol. The second-order valence-electron chi connectivity index (χ2n) is 13.3. The fraction of sp³-hybridized carbons (Fsp3) is 0.324. The van der Waals surface area contributed by atoms with Gasteiger partial charge in [0.25, 0.3) is 0 Å². The van der Waals surface area contributed by atoms with E-state index in [4.69, 9.17) is 4.74 Å². The number of nitrogens with zero attached hydrogens (tertiary/aromatic N) is 3. The maximum Gasteiger partial charge on any atom is 0.410 e. The van der Waals surface area contributed by atoms with Gasteiger partial charge < -0.3 is 19.5 Å². The summed E-state index contributed by atoms with van der Waals surface area (Å²) < 4.78 is 19.2. The SMILES string of the molecule is Cc1ccc(S(C)(O)n2ccc3c(-c4ccc(NC(=O)C5CCN(C(=O)OC(C)(C)C)CC5Cc5ccccc5)s4)ccnc32)cc1. The van der Waals surface area contributed by atoms with Crippen LogP contribution in [0.5, 0.6) is 0 Å². The second-order valence-corrected chi connectivity index (χ2v) is 16.9. The van der Waals surface area contributed by atoms with Crippen molar-refractivity contribution in [2.75, 3.05) is 24.7 Å². The minimum absolute atomic E-state index is 0.0352. The van der Waals surface area contributed by atoms with E-state index in [1.807, 2.05) is 111 Å². The number of benzene rings is 2. The molecule has 47 heavy (non-hydrogen) atoms. The van der Waals surface area contributed by atoms with Gasteiger partial charge in [-0.3, -0.25) is 8.77 Å². The fourth-order valence-electron chi connectivity index (χ4n) is 6.18. The average Bonchev–Trinajstić information content (AvgIpc) is 3.69. The van der Waals surface area contributed by atoms with Crippen molar-refractivity contribution in [1.82, 2.24) is 13.9 Å². The van der Waals surface area contributed by atoms with Crippen molar-refractivity contribution in [1.29, 1.82) is 0 Å². The number of thiophene rings is 1. The summed E-state index contributed by atoms with van der Waals surface area (Å²) >= 11 is 1.52. The van der Waals surface area contributed by atoms with Crippen LogP contribution < -0.4 is 5.32 Å². The molecule has 6 rings (SSSR count). The van der Waals surface area contributed by atoms with E-state index in [1.54, 1.807) is 11.1 Å². The highest BCUT2D eigenvalue weighted by Gasteiger charge is 2.37. The lowest BCUT2D eigenvalue weighted by Gasteiger charge is -2.38. The first-order chi connectivity index (χ1) is 22.4. The van der Waals surface area contributed by atoms with Crippen LogP contribution in [0.1, 0.15) is 38.3 Å². The Morgan fingerprint density at radius 1 is 1.04 bits per heavy atom. The number of carbonyl (C=O) groups excluding carboxylic acids is 2. The van der Waals surface area contributed by atoms with Gasteiger partial charge in [-0.2, -0.15) is 0 Å². The predicted octanol–water partition coefficient (Wildman–Crippen LogP) is 8.86. The molecule has 1 fully saturated rings. The molecule has 10 heteroatoms. The number of piperidine rings is 1. The molecule has 0 bridgehead atoms. The number of hydrogen-bond acceptors (Lipinski definition) is 6. The number of rotatable bonds is 7. The lowest BCUT2D eigenvalue weighted by Crippen LogP contribution is -2.49. The summed E-state index contributed by atoms with van der Waals surface area (Å²) in [5.74, 6) is -0.346. The van der Waals surface area contributed by atoms with Crippen molar-refractivity contribution in [3.8, 4) is 10.4 Å². The van der Waals surface area contributed by atoms with E-state index in [2.05, 4.69) is 22.4 Å². The van der Waals surface area contributed by atoms with Crippen LogP contribution in [0.2, 0.25) is 0 Å². The Labute approximate surface area is 282 Å². The van der Waals surface area contributed by atoms with Gasteiger partial charge in [0.15, 0.2) is 5.65 Å². The summed E-state index contributed by atoms with van der Waals surface area (Å²) in [5, 5.41) is 4.89. The van der Waals surface area contributed by atoms with Gasteiger partial charge in [-0.1, -0.05) is 48.0 Å². The molecule has 246 valence electrons. The Hall–Kier alpha value is -4.12. The summed E-state index contributed by atoms with van der Waals surface area (Å²) in [7, 11) is -2.34. The standard InChI is InChI=1S/C37H42N4O4S2/c1-25-11-13-28(14-12-25)47(5,44)41-22-19-31-30(17-20-38-34(31)41)32-15-16-33(46-32)39-35(42)29-18-21-40(36(43)45-37(2,3)4)24-27(29)23-26-9-7-6-8-10-26/h6-17,19-20,22,27,29,44H,18,21,23-24H2,1-5H3,(H,39,42). The average molecular weight is 671 g/mol. The minimum Gasteiger partial charge on any atom is -0.444 e. The highest BCUT2D eigenvalue weighted by Crippen LogP contribution is 2.52. The fourth-order valence-corrected chi connectivity index (χ4v) is 8.79. The maximum atomic E-state index is 13.8. The Bertz CT molecular complexity index is 1880. The zero-order valence-electron chi connectivity index (χ0n) is 27.5. The van der Waals surface area contributed by atoms with Gasteiger partial charge in [0.1, 0.15) is 5.60 Å². The van der Waals surface area contributed by atoms with Gasteiger partial charge in [-0.15, -0.1) is 11.3 Å². The van der Waals surface area contributed by atoms with Crippen LogP contribution in [0.3, 0.4) is 0 Å². The van der Waals surface area contributed by atoms with Crippen LogP contribution in [0.4, 0.5) is 9.80 Å². The van der Waals surface area contributed by atoms with Crippen molar-refractivity contribution in [3.05, 3.63) is 102 Å². The number of likely N-dealkylation sites (tertiary alicyclic amines) is 1. The number of aromatic nitrogens is 2. The lowest BCUT2D eigenvalue weighted by atomic mass is 9.81. The van der Waals surface area contributed by atoms with E-state index >= 15 is 0 Å². The molecule has 2 amide bonds. The molecule has 2 aromatic carbocycles. The number of aryl methyl sites for hydroxylation is 1. The molecule has 0 saturated carbocycles. The summed E-state index contributed by atoms with van der Waals surface area (Å²) in [5.41, 5.74) is 3.39. The zero-order valence-corrected chi connectivity index (χ0v) is 29.1. The number of anilines is 1. The van der Waals surface area contributed by atoms with Gasteiger partial charge in [-0.05, 0) is 98.9 Å². The molecule has 0 spiro atoms. The van der Waals surface area contributed by atoms with Gasteiger partial charge in [0, 0.05) is 58.4 Å². The highest BCUT2D eigenvalue weighted by molar-refractivity contribution is 8.27. The molecule has 3 unspecified atom stereocenters. The van der Waals surface area contributed by atoms with Gasteiger partial charge in [0.2, 0.25) is 5.91 Å². The topological polar surface area (TPSA) is 96.7 Å². The third-order valence-electron chi connectivity index (χ3n) is 8.59. The van der Waals surface area contributed by atoms with E-state index in [0.717, 1.165) is 36.9 Å². The monoisotopic (exact) mass is 670 g/mol. The second kappa shape index (κ2) is 13.2. The van der Waals surface area contributed by atoms with Gasteiger partial charge in [-0.25, -0.2) is 9.78 Å². The first-order valence-corrected chi connectivity index (χ1v) is 18.6. The van der Waals surface area contributed by atoms with Crippen LogP contribution in [0.15, 0.2) is 96.2 Å².